The highest BCUT2D eigenvalue weighted by atomic mass is 32.1. The Balaban J connectivity index is 1.47. The van der Waals surface area contributed by atoms with Gasteiger partial charge in [0.05, 0.1) is 22.3 Å². The molecule has 37 heavy (non-hydrogen) atoms. The molecular weight excluding hydrogens is 519 g/mol. The lowest BCUT2D eigenvalue weighted by atomic mass is 10.1. The second kappa shape index (κ2) is 9.59. The highest BCUT2D eigenvalue weighted by Crippen LogP contribution is 2.27. The summed E-state index contributed by atoms with van der Waals surface area (Å²) in [5.74, 6) is -0.702. The fourth-order valence-electron chi connectivity index (χ4n) is 3.89. The van der Waals surface area contributed by atoms with Crippen molar-refractivity contribution in [3.63, 3.8) is 0 Å². The zero-order valence-electron chi connectivity index (χ0n) is 19.4. The van der Waals surface area contributed by atoms with Gasteiger partial charge in [0.15, 0.2) is 5.82 Å². The molecule has 0 aliphatic rings. The molecule has 4 N–H and O–H groups in total. The van der Waals surface area contributed by atoms with E-state index in [9.17, 15) is 18.8 Å². The molecule has 0 radical (unpaired) electrons. The summed E-state index contributed by atoms with van der Waals surface area (Å²) in [5.41, 5.74) is -0.536. The molecule has 0 spiro atoms. The average Bonchev–Trinajstić information content (AvgIpc) is 3.51. The molecule has 2 aromatic carbocycles. The maximum Gasteiger partial charge on any atom is 0.333 e. The Labute approximate surface area is 216 Å². The van der Waals surface area contributed by atoms with E-state index in [0.29, 0.717) is 5.82 Å². The van der Waals surface area contributed by atoms with Gasteiger partial charge in [-0.3, -0.25) is 9.59 Å². The molecule has 0 aliphatic heterocycles. The van der Waals surface area contributed by atoms with E-state index in [1.165, 1.54) is 48.7 Å². The first kappa shape index (κ1) is 24.3. The molecule has 0 aliphatic carbocycles. The third-order valence-corrected chi connectivity index (χ3v) is 6.93. The molecular formula is C24H19FN6O4S2. The van der Waals surface area contributed by atoms with Gasteiger partial charge in [-0.1, -0.05) is 0 Å². The third kappa shape index (κ3) is 4.61. The topological polar surface area (TPSA) is 138 Å². The number of aromatic nitrogens is 4. The van der Waals surface area contributed by atoms with Crippen LogP contribution in [0.4, 0.5) is 10.1 Å². The van der Waals surface area contributed by atoms with Gasteiger partial charge in [0, 0.05) is 22.4 Å². The van der Waals surface area contributed by atoms with E-state index < -0.39 is 29.0 Å². The highest BCUT2D eigenvalue weighted by Gasteiger charge is 2.23. The van der Waals surface area contributed by atoms with Crippen LogP contribution in [0.2, 0.25) is 0 Å². The first-order valence-corrected chi connectivity index (χ1v) is 12.2. The molecule has 5 aromatic rings. The molecule has 10 nitrogen and oxygen atoms in total. The third-order valence-electron chi connectivity index (χ3n) is 5.69. The van der Waals surface area contributed by atoms with E-state index in [0.717, 1.165) is 20.4 Å². The standard InChI is InChI=1S/C24H19FN6O4S2/c1-11-3-8-18(37-11)19(20-29-24(36)35-30-20)28-21(32)12-4-6-13(7-5-12)31-22(33)14-9-15(25)17(26-2)10-16(14)27-23(31)34/h3-10,19,26H,1-2H3,(H,27,34)(H,28,32)(H,29,30,36). The lowest BCUT2D eigenvalue weighted by molar-refractivity contribution is 0.0941. The molecule has 0 bridgehead atoms. The number of carbonyl (C=O) groups is 1. The molecule has 3 heterocycles. The number of amides is 1. The van der Waals surface area contributed by atoms with Crippen molar-refractivity contribution in [2.45, 2.75) is 13.0 Å². The Bertz CT molecular complexity index is 1820. The van der Waals surface area contributed by atoms with Gasteiger partial charge in [0.2, 0.25) is 0 Å². The number of aryl methyl sites for hydroxylation is 1. The molecule has 3 aromatic heterocycles. The van der Waals surface area contributed by atoms with Gasteiger partial charge < -0.3 is 20.1 Å². The summed E-state index contributed by atoms with van der Waals surface area (Å²) in [4.78, 5) is 47.4. The molecule has 13 heteroatoms. The quantitative estimate of drug-likeness (QED) is 0.241. The Kier molecular flexibility index (Phi) is 6.31. The van der Waals surface area contributed by atoms with Crippen molar-refractivity contribution in [2.24, 2.45) is 0 Å². The van der Waals surface area contributed by atoms with E-state index in [1.54, 1.807) is 0 Å². The molecule has 1 amide bonds. The van der Waals surface area contributed by atoms with Crippen LogP contribution in [-0.4, -0.2) is 32.6 Å². The van der Waals surface area contributed by atoms with Crippen LogP contribution in [0.3, 0.4) is 0 Å². The van der Waals surface area contributed by atoms with E-state index in [-0.39, 0.29) is 32.7 Å². The minimum atomic E-state index is -0.696. The number of aromatic amines is 2. The number of halogens is 1. The van der Waals surface area contributed by atoms with Gasteiger partial charge in [-0.15, -0.1) is 11.3 Å². The SMILES string of the molecule is CNc1cc2[nH]c(=O)n(-c3ccc(C(=O)NC(c4nc(=S)o[nH]4)c4ccc(C)s4)cc3)c(=O)c2cc1F. The Hall–Kier alpha value is -4.36. The normalized spacial score (nSPS) is 12.0. The number of thiophene rings is 1. The maximum atomic E-state index is 14.3. The number of rotatable bonds is 6. The smallest absolute Gasteiger partial charge is 0.333 e. The van der Waals surface area contributed by atoms with Crippen LogP contribution < -0.4 is 21.9 Å². The summed E-state index contributed by atoms with van der Waals surface area (Å²) in [7, 11) is 1.53. The minimum absolute atomic E-state index is 0.0111. The summed E-state index contributed by atoms with van der Waals surface area (Å²) in [6, 6.07) is 11.5. The van der Waals surface area contributed by atoms with Gasteiger partial charge in [-0.05, 0) is 67.7 Å². The zero-order valence-corrected chi connectivity index (χ0v) is 21.1. The fraction of sp³-hybridized carbons (Fsp3) is 0.125. The van der Waals surface area contributed by atoms with Crippen LogP contribution in [-0.2, 0) is 0 Å². The summed E-state index contributed by atoms with van der Waals surface area (Å²) in [6.45, 7) is 1.95. The van der Waals surface area contributed by atoms with Gasteiger partial charge in [-0.2, -0.15) is 4.98 Å². The molecule has 1 unspecified atom stereocenters. The van der Waals surface area contributed by atoms with Crippen LogP contribution in [0, 0.1) is 17.6 Å². The van der Waals surface area contributed by atoms with E-state index >= 15 is 0 Å². The number of hydrogen-bond acceptors (Lipinski definition) is 8. The number of benzene rings is 2. The van der Waals surface area contributed by atoms with Crippen LogP contribution in [0.1, 0.15) is 32.0 Å². The first-order valence-electron chi connectivity index (χ1n) is 10.9. The van der Waals surface area contributed by atoms with Gasteiger partial charge in [-0.25, -0.2) is 18.9 Å². The van der Waals surface area contributed by atoms with Crippen molar-refractivity contribution in [3.05, 3.63) is 101 Å². The Morgan fingerprint density at radius 2 is 1.95 bits per heavy atom. The lowest BCUT2D eigenvalue weighted by Gasteiger charge is -2.15. The van der Waals surface area contributed by atoms with Crippen molar-refractivity contribution < 1.29 is 13.7 Å². The van der Waals surface area contributed by atoms with E-state index in [4.69, 9.17) is 16.7 Å². The summed E-state index contributed by atoms with van der Waals surface area (Å²) in [5, 5.41) is 8.21. The predicted octanol–water partition coefficient (Wildman–Crippen LogP) is 3.79. The van der Waals surface area contributed by atoms with Crippen LogP contribution >= 0.6 is 23.6 Å². The number of carbonyl (C=O) groups excluding carboxylic acids is 1. The molecule has 1 atom stereocenters. The number of nitrogens with zero attached hydrogens (tertiary/aromatic N) is 2. The largest absolute Gasteiger partial charge is 0.386 e. The highest BCUT2D eigenvalue weighted by molar-refractivity contribution is 7.71. The predicted molar refractivity (Wildman–Crippen MR) is 140 cm³/mol. The summed E-state index contributed by atoms with van der Waals surface area (Å²) in [6.07, 6.45) is 0. The second-order valence-corrected chi connectivity index (χ2v) is 9.74. The van der Waals surface area contributed by atoms with E-state index in [2.05, 4.69) is 25.8 Å². The summed E-state index contributed by atoms with van der Waals surface area (Å²) >= 11 is 6.43. The van der Waals surface area contributed by atoms with Crippen molar-refractivity contribution in [1.29, 1.82) is 0 Å². The minimum Gasteiger partial charge on any atom is -0.386 e. The van der Waals surface area contributed by atoms with Crippen molar-refractivity contribution >= 4 is 46.1 Å². The fourth-order valence-corrected chi connectivity index (χ4v) is 4.96. The van der Waals surface area contributed by atoms with Gasteiger partial charge in [0.25, 0.3) is 11.5 Å². The number of nitrogens with one attached hydrogen (secondary N) is 4. The lowest BCUT2D eigenvalue weighted by Crippen LogP contribution is -2.34. The van der Waals surface area contributed by atoms with Crippen LogP contribution in [0.25, 0.3) is 16.6 Å². The van der Waals surface area contributed by atoms with Crippen LogP contribution in [0.15, 0.2) is 62.6 Å². The molecule has 0 saturated carbocycles. The summed E-state index contributed by atoms with van der Waals surface area (Å²) < 4.78 is 20.2. The van der Waals surface area contributed by atoms with Crippen molar-refractivity contribution in [3.8, 4) is 5.69 Å². The Morgan fingerprint density at radius 1 is 1.19 bits per heavy atom. The molecule has 5 rings (SSSR count). The number of fused-ring (bicyclic) bond motifs is 1. The van der Waals surface area contributed by atoms with Crippen molar-refractivity contribution in [1.82, 2.24) is 25.0 Å². The number of hydrogen-bond donors (Lipinski definition) is 4. The maximum absolute atomic E-state index is 14.3. The molecule has 0 saturated heterocycles. The van der Waals surface area contributed by atoms with E-state index in [1.807, 2.05) is 19.1 Å². The molecule has 188 valence electrons. The number of H-pyrrole nitrogens is 2. The molecule has 0 fully saturated rings. The van der Waals surface area contributed by atoms with Crippen LogP contribution in [0.5, 0.6) is 0 Å². The zero-order chi connectivity index (χ0) is 26.3. The average molecular weight is 539 g/mol. The van der Waals surface area contributed by atoms with Crippen molar-refractivity contribution in [2.75, 3.05) is 12.4 Å². The second-order valence-electron chi connectivity index (χ2n) is 8.07. The first-order chi connectivity index (χ1) is 17.7. The number of anilines is 1. The monoisotopic (exact) mass is 538 g/mol. The van der Waals surface area contributed by atoms with Gasteiger partial charge >= 0.3 is 10.5 Å². The Morgan fingerprint density at radius 3 is 2.57 bits per heavy atom. The van der Waals surface area contributed by atoms with Gasteiger partial charge in [0.1, 0.15) is 11.9 Å².